The summed E-state index contributed by atoms with van der Waals surface area (Å²) in [6, 6.07) is 23.9. The topological polar surface area (TPSA) is 75.7 Å². The Morgan fingerprint density at radius 2 is 1.77 bits per heavy atom. The summed E-state index contributed by atoms with van der Waals surface area (Å²) < 4.78 is 6.05. The molecule has 0 heterocycles. The van der Waals surface area contributed by atoms with Crippen LogP contribution in [0.15, 0.2) is 82.6 Å². The molecule has 3 aromatic rings. The number of aliphatic hydroxyl groups excluding tert-OH is 1. The number of hydrogen-bond acceptors (Lipinski definition) is 5. The summed E-state index contributed by atoms with van der Waals surface area (Å²) in [5, 5.41) is 19.9. The van der Waals surface area contributed by atoms with Gasteiger partial charge in [-0.3, -0.25) is 0 Å². The van der Waals surface area contributed by atoms with Gasteiger partial charge in [0.25, 0.3) is 0 Å². The fraction of sp³-hybridized carbons (Fsp3) is 0.280. The van der Waals surface area contributed by atoms with E-state index >= 15 is 0 Å². The Morgan fingerprint density at radius 3 is 2.48 bits per heavy atom. The van der Waals surface area contributed by atoms with E-state index < -0.39 is 5.72 Å². The highest BCUT2D eigenvalue weighted by Gasteiger charge is 2.25. The van der Waals surface area contributed by atoms with Gasteiger partial charge < -0.3 is 20.7 Å². The number of halogens is 1. The van der Waals surface area contributed by atoms with Crippen molar-refractivity contribution in [2.24, 2.45) is 5.73 Å². The highest BCUT2D eigenvalue weighted by atomic mass is 35.5. The van der Waals surface area contributed by atoms with Gasteiger partial charge >= 0.3 is 0 Å². The second kappa shape index (κ2) is 11.0. The minimum Gasteiger partial charge on any atom is -0.488 e. The quantitative estimate of drug-likeness (QED) is 0.346. The summed E-state index contributed by atoms with van der Waals surface area (Å²) >= 11 is 8.15. The molecule has 0 saturated heterocycles. The van der Waals surface area contributed by atoms with Crippen molar-refractivity contribution in [1.82, 2.24) is 0 Å². The van der Waals surface area contributed by atoms with Crippen LogP contribution in [0.2, 0.25) is 5.02 Å². The van der Waals surface area contributed by atoms with Crippen molar-refractivity contribution in [2.75, 3.05) is 6.61 Å². The molecule has 4 N–H and O–H groups in total. The molecule has 0 fully saturated rings. The monoisotopic (exact) mass is 457 g/mol. The Balaban J connectivity index is 1.70. The summed E-state index contributed by atoms with van der Waals surface area (Å²) in [7, 11) is 0. The molecule has 31 heavy (non-hydrogen) atoms. The SMILES string of the molecule is CC(CC(N)(O)CCO)c1ccc(Sc2ccccc2OCc2ccccc2)cc1Cl. The molecule has 0 aliphatic rings. The van der Waals surface area contributed by atoms with E-state index in [9.17, 15) is 5.11 Å². The zero-order valence-electron chi connectivity index (χ0n) is 17.5. The van der Waals surface area contributed by atoms with Gasteiger partial charge in [0.05, 0.1) is 4.90 Å². The highest BCUT2D eigenvalue weighted by molar-refractivity contribution is 7.99. The molecule has 0 bridgehead atoms. The van der Waals surface area contributed by atoms with Crippen LogP contribution in [0, 0.1) is 0 Å². The molecule has 3 aromatic carbocycles. The summed E-state index contributed by atoms with van der Waals surface area (Å²) in [5.41, 5.74) is 6.49. The number of nitrogens with two attached hydrogens (primary N) is 1. The van der Waals surface area contributed by atoms with Crippen molar-refractivity contribution >= 4 is 23.4 Å². The van der Waals surface area contributed by atoms with Gasteiger partial charge in [0.2, 0.25) is 0 Å². The summed E-state index contributed by atoms with van der Waals surface area (Å²) in [5.74, 6) is 0.775. The van der Waals surface area contributed by atoms with Crippen LogP contribution in [0.1, 0.15) is 36.8 Å². The smallest absolute Gasteiger partial charge is 0.133 e. The largest absolute Gasteiger partial charge is 0.488 e. The van der Waals surface area contributed by atoms with Crippen LogP contribution in [0.3, 0.4) is 0 Å². The lowest BCUT2D eigenvalue weighted by Gasteiger charge is -2.26. The molecule has 0 radical (unpaired) electrons. The van der Waals surface area contributed by atoms with Gasteiger partial charge in [-0.1, -0.05) is 78.8 Å². The van der Waals surface area contributed by atoms with Crippen molar-refractivity contribution < 1.29 is 14.9 Å². The third kappa shape index (κ3) is 6.99. The maximum Gasteiger partial charge on any atom is 0.133 e. The van der Waals surface area contributed by atoms with Crippen LogP contribution in [0.5, 0.6) is 5.75 Å². The molecule has 4 nitrogen and oxygen atoms in total. The number of para-hydroxylation sites is 1. The Labute approximate surface area is 193 Å². The predicted molar refractivity (Wildman–Crippen MR) is 127 cm³/mol. The molecule has 2 unspecified atom stereocenters. The fourth-order valence-corrected chi connectivity index (χ4v) is 4.80. The maximum atomic E-state index is 10.2. The minimum absolute atomic E-state index is 0.0467. The second-order valence-corrected chi connectivity index (χ2v) is 9.21. The van der Waals surface area contributed by atoms with Crippen LogP contribution in [-0.4, -0.2) is 22.5 Å². The molecule has 0 aromatic heterocycles. The van der Waals surface area contributed by atoms with Gasteiger partial charge in [0, 0.05) is 22.9 Å². The Hall–Kier alpha value is -2.02. The first-order valence-corrected chi connectivity index (χ1v) is 11.4. The van der Waals surface area contributed by atoms with E-state index in [4.69, 9.17) is 27.2 Å². The maximum absolute atomic E-state index is 10.2. The van der Waals surface area contributed by atoms with Gasteiger partial charge in [0.1, 0.15) is 18.1 Å². The first-order valence-electron chi connectivity index (χ1n) is 10.2. The fourth-order valence-electron chi connectivity index (χ4n) is 3.42. The number of benzene rings is 3. The van der Waals surface area contributed by atoms with Crippen LogP contribution in [0.4, 0.5) is 0 Å². The average Bonchev–Trinajstić information content (AvgIpc) is 2.73. The van der Waals surface area contributed by atoms with Gasteiger partial charge in [-0.15, -0.1) is 0 Å². The Kier molecular flexibility index (Phi) is 8.41. The molecule has 0 aliphatic carbocycles. The molecule has 3 rings (SSSR count). The van der Waals surface area contributed by atoms with Crippen molar-refractivity contribution in [2.45, 2.75) is 47.8 Å². The summed E-state index contributed by atoms with van der Waals surface area (Å²) in [4.78, 5) is 2.00. The number of aliphatic hydroxyl groups is 2. The van der Waals surface area contributed by atoms with E-state index in [0.717, 1.165) is 26.7 Å². The first kappa shape index (κ1) is 23.6. The number of hydrogen-bond donors (Lipinski definition) is 3. The number of rotatable bonds is 10. The Bertz CT molecular complexity index is 982. The zero-order chi connectivity index (χ0) is 22.3. The lowest BCUT2D eigenvalue weighted by Crippen LogP contribution is -2.41. The van der Waals surface area contributed by atoms with Crippen molar-refractivity contribution in [1.29, 1.82) is 0 Å². The molecule has 6 heteroatoms. The normalized spacial score (nSPS) is 14.1. The van der Waals surface area contributed by atoms with E-state index in [-0.39, 0.29) is 18.9 Å². The highest BCUT2D eigenvalue weighted by Crippen LogP contribution is 2.38. The van der Waals surface area contributed by atoms with E-state index in [1.165, 1.54) is 0 Å². The van der Waals surface area contributed by atoms with E-state index in [2.05, 4.69) is 0 Å². The average molecular weight is 458 g/mol. The predicted octanol–water partition coefficient (Wildman–Crippen LogP) is 5.59. The van der Waals surface area contributed by atoms with Crippen LogP contribution < -0.4 is 10.5 Å². The third-order valence-electron chi connectivity index (χ3n) is 5.02. The molecule has 0 amide bonds. The standard InChI is InChI=1S/C25H28ClNO3S/c1-18(16-25(27,29)13-14-28)21-12-11-20(15-22(21)26)31-24-10-6-5-9-23(24)30-17-19-7-3-2-4-8-19/h2-12,15,18,28-29H,13-14,16-17,27H2,1H3. The number of ether oxygens (including phenoxy) is 1. The van der Waals surface area contributed by atoms with E-state index in [1.54, 1.807) is 11.8 Å². The molecule has 0 aliphatic heterocycles. The molecule has 2 atom stereocenters. The van der Waals surface area contributed by atoms with Gasteiger partial charge in [0.15, 0.2) is 0 Å². The summed E-state index contributed by atoms with van der Waals surface area (Å²) in [6.45, 7) is 2.32. The second-order valence-electron chi connectivity index (χ2n) is 7.69. The van der Waals surface area contributed by atoms with Crippen molar-refractivity contribution in [3.63, 3.8) is 0 Å². The summed E-state index contributed by atoms with van der Waals surface area (Å²) in [6.07, 6.45) is 0.443. The molecular weight excluding hydrogens is 430 g/mol. The third-order valence-corrected chi connectivity index (χ3v) is 6.40. The van der Waals surface area contributed by atoms with Gasteiger partial charge in [-0.2, -0.15) is 0 Å². The van der Waals surface area contributed by atoms with Crippen LogP contribution in [0.25, 0.3) is 0 Å². The lowest BCUT2D eigenvalue weighted by atomic mass is 9.91. The van der Waals surface area contributed by atoms with E-state index in [0.29, 0.717) is 18.1 Å². The van der Waals surface area contributed by atoms with Crippen LogP contribution >= 0.6 is 23.4 Å². The van der Waals surface area contributed by atoms with Gasteiger partial charge in [-0.05, 0) is 47.7 Å². The molecular formula is C25H28ClNO3S. The molecule has 0 saturated carbocycles. The molecule has 164 valence electrons. The Morgan fingerprint density at radius 1 is 1.06 bits per heavy atom. The van der Waals surface area contributed by atoms with Crippen molar-refractivity contribution in [3.8, 4) is 5.75 Å². The lowest BCUT2D eigenvalue weighted by molar-refractivity contribution is 0.00883. The van der Waals surface area contributed by atoms with Crippen LogP contribution in [-0.2, 0) is 6.61 Å². The van der Waals surface area contributed by atoms with Gasteiger partial charge in [-0.25, -0.2) is 0 Å². The molecule has 0 spiro atoms. The minimum atomic E-state index is -1.42. The van der Waals surface area contributed by atoms with E-state index in [1.807, 2.05) is 79.7 Å². The van der Waals surface area contributed by atoms with Crippen molar-refractivity contribution in [3.05, 3.63) is 88.9 Å². The zero-order valence-corrected chi connectivity index (χ0v) is 19.1. The first-order chi connectivity index (χ1) is 14.9.